The third-order valence-electron chi connectivity index (χ3n) is 5.16. The number of carbonyl (C=O) groups excluding carboxylic acids is 3. The molecule has 32 heavy (non-hydrogen) atoms. The highest BCUT2D eigenvalue weighted by molar-refractivity contribution is 6.10. The molecule has 0 saturated carbocycles. The quantitative estimate of drug-likeness (QED) is 0.544. The standard InChI is InChI=1S/C23H25N3O6/c1-5-31-23(30)18-14(4)32-22(19(18)21(24)29)25-16(27)9-10-26-17(28)11-13(3)15-8-6-7-12(2)20(15)26/h6-8,11H,5,9-10H2,1-4H3,(H2,24,29)(H,25,27). The molecule has 9 nitrogen and oxygen atoms in total. The molecular weight excluding hydrogens is 414 g/mol. The third kappa shape index (κ3) is 4.27. The number of primary amides is 1. The molecule has 0 radical (unpaired) electrons. The van der Waals surface area contributed by atoms with E-state index in [1.807, 2.05) is 32.0 Å². The average molecular weight is 439 g/mol. The molecular formula is C23H25N3O6. The van der Waals surface area contributed by atoms with Crippen molar-refractivity contribution in [3.63, 3.8) is 0 Å². The summed E-state index contributed by atoms with van der Waals surface area (Å²) in [6.45, 7) is 7.07. The lowest BCUT2D eigenvalue weighted by Crippen LogP contribution is -2.25. The van der Waals surface area contributed by atoms with Gasteiger partial charge < -0.3 is 19.5 Å². The van der Waals surface area contributed by atoms with Crippen molar-refractivity contribution in [1.82, 2.24) is 4.57 Å². The van der Waals surface area contributed by atoms with Crippen molar-refractivity contribution in [3.05, 3.63) is 62.6 Å². The van der Waals surface area contributed by atoms with Crippen molar-refractivity contribution in [2.75, 3.05) is 11.9 Å². The van der Waals surface area contributed by atoms with Gasteiger partial charge in [-0.25, -0.2) is 4.79 Å². The minimum atomic E-state index is -0.934. The summed E-state index contributed by atoms with van der Waals surface area (Å²) in [6.07, 6.45) is -0.0703. The summed E-state index contributed by atoms with van der Waals surface area (Å²) in [4.78, 5) is 49.4. The number of fused-ring (bicyclic) bond motifs is 1. The van der Waals surface area contributed by atoms with Gasteiger partial charge in [0.05, 0.1) is 12.1 Å². The largest absolute Gasteiger partial charge is 0.462 e. The normalized spacial score (nSPS) is 10.9. The van der Waals surface area contributed by atoms with Gasteiger partial charge >= 0.3 is 5.97 Å². The van der Waals surface area contributed by atoms with Crippen molar-refractivity contribution >= 4 is 34.6 Å². The van der Waals surface area contributed by atoms with E-state index in [9.17, 15) is 19.2 Å². The van der Waals surface area contributed by atoms with Gasteiger partial charge in [-0.15, -0.1) is 0 Å². The van der Waals surface area contributed by atoms with E-state index in [1.54, 1.807) is 11.5 Å². The van der Waals surface area contributed by atoms with Crippen molar-refractivity contribution in [1.29, 1.82) is 0 Å². The van der Waals surface area contributed by atoms with E-state index in [1.165, 1.54) is 13.0 Å². The summed E-state index contributed by atoms with van der Waals surface area (Å²) in [5, 5.41) is 3.42. The number of aromatic nitrogens is 1. The van der Waals surface area contributed by atoms with Gasteiger partial charge in [0.1, 0.15) is 16.9 Å². The summed E-state index contributed by atoms with van der Waals surface area (Å²) in [6, 6.07) is 7.28. The van der Waals surface area contributed by atoms with Crippen LogP contribution >= 0.6 is 0 Å². The van der Waals surface area contributed by atoms with Crippen LogP contribution in [0.2, 0.25) is 0 Å². The van der Waals surface area contributed by atoms with Crippen LogP contribution in [0.5, 0.6) is 0 Å². The number of para-hydroxylation sites is 1. The Hall–Kier alpha value is -3.88. The lowest BCUT2D eigenvalue weighted by Gasteiger charge is -2.14. The van der Waals surface area contributed by atoms with Gasteiger partial charge in [-0.2, -0.15) is 0 Å². The van der Waals surface area contributed by atoms with E-state index in [-0.39, 0.29) is 47.9 Å². The molecule has 3 N–H and O–H groups in total. The number of amides is 2. The Labute approximate surface area is 184 Å². The van der Waals surface area contributed by atoms with E-state index in [0.29, 0.717) is 0 Å². The lowest BCUT2D eigenvalue weighted by atomic mass is 10.1. The Bertz CT molecular complexity index is 1290. The van der Waals surface area contributed by atoms with Crippen molar-refractivity contribution in [3.8, 4) is 0 Å². The zero-order valence-electron chi connectivity index (χ0n) is 18.4. The number of benzene rings is 1. The number of carbonyl (C=O) groups is 3. The molecule has 2 heterocycles. The Balaban J connectivity index is 1.87. The first-order valence-electron chi connectivity index (χ1n) is 10.2. The number of pyridine rings is 1. The van der Waals surface area contributed by atoms with Gasteiger partial charge in [0, 0.05) is 24.4 Å². The molecule has 0 spiro atoms. The van der Waals surface area contributed by atoms with E-state index < -0.39 is 17.8 Å². The molecule has 0 aliphatic heterocycles. The second-order valence-corrected chi connectivity index (χ2v) is 7.41. The van der Waals surface area contributed by atoms with Crippen molar-refractivity contribution < 1.29 is 23.5 Å². The SMILES string of the molecule is CCOC(=O)c1c(C)oc(NC(=O)CCn2c(=O)cc(C)c3cccc(C)c32)c1C(N)=O. The Morgan fingerprint density at radius 3 is 2.50 bits per heavy atom. The maximum absolute atomic E-state index is 12.6. The molecule has 0 fully saturated rings. The molecule has 0 aliphatic carbocycles. The minimum absolute atomic E-state index is 0.0703. The second kappa shape index (κ2) is 9.09. The molecule has 9 heteroatoms. The van der Waals surface area contributed by atoms with Crippen LogP contribution < -0.4 is 16.6 Å². The molecule has 168 valence electrons. The number of hydrogen-bond donors (Lipinski definition) is 2. The van der Waals surface area contributed by atoms with E-state index in [4.69, 9.17) is 14.9 Å². The summed E-state index contributed by atoms with van der Waals surface area (Å²) in [5.41, 5.74) is 7.37. The highest BCUT2D eigenvalue weighted by Gasteiger charge is 2.29. The molecule has 0 saturated heterocycles. The summed E-state index contributed by atoms with van der Waals surface area (Å²) < 4.78 is 11.9. The fraction of sp³-hybridized carbons (Fsp3) is 0.304. The number of esters is 1. The van der Waals surface area contributed by atoms with Crippen molar-refractivity contribution in [2.45, 2.75) is 40.7 Å². The molecule has 2 amide bonds. The average Bonchev–Trinajstić information content (AvgIpc) is 3.04. The number of aryl methyl sites for hydroxylation is 4. The van der Waals surface area contributed by atoms with Crippen LogP contribution in [0.1, 0.15) is 50.9 Å². The van der Waals surface area contributed by atoms with Crippen LogP contribution in [-0.4, -0.2) is 29.0 Å². The van der Waals surface area contributed by atoms with E-state index >= 15 is 0 Å². The highest BCUT2D eigenvalue weighted by Crippen LogP contribution is 2.28. The fourth-order valence-corrected chi connectivity index (χ4v) is 3.73. The highest BCUT2D eigenvalue weighted by atomic mass is 16.5. The number of hydrogen-bond acceptors (Lipinski definition) is 6. The minimum Gasteiger partial charge on any atom is -0.462 e. The maximum Gasteiger partial charge on any atom is 0.342 e. The topological polar surface area (TPSA) is 134 Å². The van der Waals surface area contributed by atoms with Gasteiger partial charge in [0.25, 0.3) is 11.5 Å². The maximum atomic E-state index is 12.6. The smallest absolute Gasteiger partial charge is 0.342 e. The Morgan fingerprint density at radius 1 is 1.12 bits per heavy atom. The number of rotatable bonds is 7. The fourth-order valence-electron chi connectivity index (χ4n) is 3.73. The number of nitrogens with one attached hydrogen (secondary N) is 1. The van der Waals surface area contributed by atoms with Gasteiger partial charge in [-0.3, -0.25) is 19.7 Å². The summed E-state index contributed by atoms with van der Waals surface area (Å²) >= 11 is 0. The Morgan fingerprint density at radius 2 is 1.84 bits per heavy atom. The van der Waals surface area contributed by atoms with Crippen LogP contribution in [-0.2, 0) is 16.1 Å². The molecule has 0 unspecified atom stereocenters. The third-order valence-corrected chi connectivity index (χ3v) is 5.16. The van der Waals surface area contributed by atoms with Crippen LogP contribution in [0.15, 0.2) is 33.5 Å². The van der Waals surface area contributed by atoms with Gasteiger partial charge in [-0.1, -0.05) is 18.2 Å². The van der Waals surface area contributed by atoms with E-state index in [2.05, 4.69) is 5.32 Å². The number of nitrogens with two attached hydrogens (primary N) is 1. The van der Waals surface area contributed by atoms with E-state index in [0.717, 1.165) is 22.0 Å². The molecule has 3 aromatic rings. The Kier molecular flexibility index (Phi) is 6.47. The molecule has 0 bridgehead atoms. The number of furan rings is 1. The summed E-state index contributed by atoms with van der Waals surface area (Å²) in [7, 11) is 0. The predicted octanol–water partition coefficient (Wildman–Crippen LogP) is 2.82. The second-order valence-electron chi connectivity index (χ2n) is 7.41. The predicted molar refractivity (Wildman–Crippen MR) is 119 cm³/mol. The van der Waals surface area contributed by atoms with Crippen LogP contribution in [0.3, 0.4) is 0 Å². The molecule has 0 atom stereocenters. The van der Waals surface area contributed by atoms with Crippen LogP contribution in [0.4, 0.5) is 5.88 Å². The molecule has 3 rings (SSSR count). The first kappa shape index (κ1) is 22.8. The number of anilines is 1. The summed E-state index contributed by atoms with van der Waals surface area (Å²) in [5.74, 6) is -2.33. The number of nitrogens with zero attached hydrogens (tertiary/aromatic N) is 1. The van der Waals surface area contributed by atoms with Crippen LogP contribution in [0.25, 0.3) is 10.9 Å². The zero-order chi connectivity index (χ0) is 23.6. The molecule has 0 aliphatic rings. The molecule has 1 aromatic carbocycles. The molecule has 2 aromatic heterocycles. The monoisotopic (exact) mass is 439 g/mol. The van der Waals surface area contributed by atoms with Gasteiger partial charge in [0.2, 0.25) is 11.8 Å². The first-order valence-corrected chi connectivity index (χ1v) is 10.2. The van der Waals surface area contributed by atoms with Gasteiger partial charge in [-0.05, 0) is 38.8 Å². The van der Waals surface area contributed by atoms with Crippen LogP contribution in [0, 0.1) is 20.8 Å². The van der Waals surface area contributed by atoms with Gasteiger partial charge in [0.15, 0.2) is 0 Å². The first-order chi connectivity index (χ1) is 15.1. The van der Waals surface area contributed by atoms with Crippen molar-refractivity contribution in [2.24, 2.45) is 5.73 Å². The zero-order valence-corrected chi connectivity index (χ0v) is 18.4. The number of ether oxygens (including phenoxy) is 1. The lowest BCUT2D eigenvalue weighted by molar-refractivity contribution is -0.116.